The van der Waals surface area contributed by atoms with Gasteiger partial charge in [-0.3, -0.25) is 0 Å². The van der Waals surface area contributed by atoms with Crippen LogP contribution < -0.4 is 0 Å². The molecule has 1 aromatic heterocycles. The van der Waals surface area contributed by atoms with Gasteiger partial charge in [0.2, 0.25) is 0 Å². The average Bonchev–Trinajstić information content (AvgIpc) is 2.89. The zero-order chi connectivity index (χ0) is 23.8. The summed E-state index contributed by atoms with van der Waals surface area (Å²) < 4.78 is 10.6. The van der Waals surface area contributed by atoms with Crippen molar-refractivity contribution in [3.8, 4) is 0 Å². The maximum absolute atomic E-state index is 12.7. The highest BCUT2D eigenvalue weighted by Crippen LogP contribution is 2.38. The van der Waals surface area contributed by atoms with Crippen molar-refractivity contribution in [2.75, 3.05) is 19.7 Å². The van der Waals surface area contributed by atoms with Gasteiger partial charge in [-0.1, -0.05) is 60.7 Å². The standard InChI is InChI=1S/C27H29N3O4/c1-2-33-25(31)22-18-28-24(29-19-22)17-27(23-11-7-4-8-12-23)13-15-30(16-14-27)26(32)34-20-21-9-5-3-6-10-21/h3-12,18-19H,2,13-17,20H2,1H3. The third-order valence-electron chi connectivity index (χ3n) is 6.28. The molecule has 2 heterocycles. The molecule has 4 rings (SSSR count). The van der Waals surface area contributed by atoms with Gasteiger partial charge in [-0.05, 0) is 30.9 Å². The molecule has 7 nitrogen and oxygen atoms in total. The van der Waals surface area contributed by atoms with Crippen molar-refractivity contribution in [2.45, 2.75) is 38.2 Å². The molecular formula is C27H29N3O4. The summed E-state index contributed by atoms with van der Waals surface area (Å²) in [6.07, 6.45) is 4.90. The smallest absolute Gasteiger partial charge is 0.410 e. The van der Waals surface area contributed by atoms with Gasteiger partial charge in [-0.2, -0.15) is 0 Å². The van der Waals surface area contributed by atoms with Crippen LogP contribution in [0.2, 0.25) is 0 Å². The molecule has 0 radical (unpaired) electrons. The number of likely N-dealkylation sites (tertiary alicyclic amines) is 1. The van der Waals surface area contributed by atoms with Gasteiger partial charge in [0.15, 0.2) is 0 Å². The largest absolute Gasteiger partial charge is 0.462 e. The van der Waals surface area contributed by atoms with E-state index in [0.717, 1.165) is 18.4 Å². The summed E-state index contributed by atoms with van der Waals surface area (Å²) in [5.74, 6) is 0.242. The van der Waals surface area contributed by atoms with Crippen LogP contribution >= 0.6 is 0 Å². The van der Waals surface area contributed by atoms with Crippen LogP contribution in [0.25, 0.3) is 0 Å². The minimum absolute atomic E-state index is 0.205. The first-order valence-corrected chi connectivity index (χ1v) is 11.6. The number of aromatic nitrogens is 2. The van der Waals surface area contributed by atoms with Crippen LogP contribution in [0, 0.1) is 0 Å². The van der Waals surface area contributed by atoms with Gasteiger partial charge in [-0.25, -0.2) is 19.6 Å². The van der Waals surface area contributed by atoms with Crippen LogP contribution in [-0.2, 0) is 27.9 Å². The van der Waals surface area contributed by atoms with Gasteiger partial charge < -0.3 is 14.4 Å². The molecule has 0 N–H and O–H groups in total. The zero-order valence-corrected chi connectivity index (χ0v) is 19.4. The van der Waals surface area contributed by atoms with Gasteiger partial charge in [0.25, 0.3) is 0 Å². The Morgan fingerprint density at radius 1 is 0.912 bits per heavy atom. The topological polar surface area (TPSA) is 81.6 Å². The first-order chi connectivity index (χ1) is 16.6. The van der Waals surface area contributed by atoms with Gasteiger partial charge in [-0.15, -0.1) is 0 Å². The van der Waals surface area contributed by atoms with Crippen molar-refractivity contribution in [2.24, 2.45) is 0 Å². The van der Waals surface area contributed by atoms with Crippen LogP contribution in [0.1, 0.15) is 47.1 Å². The van der Waals surface area contributed by atoms with Gasteiger partial charge >= 0.3 is 12.1 Å². The normalized spacial score (nSPS) is 14.9. The molecule has 2 aromatic carbocycles. The maximum Gasteiger partial charge on any atom is 0.410 e. The number of hydrogen-bond donors (Lipinski definition) is 0. The molecule has 3 aromatic rings. The molecule has 0 atom stereocenters. The van der Waals surface area contributed by atoms with Crippen molar-refractivity contribution in [1.29, 1.82) is 0 Å². The number of benzene rings is 2. The maximum atomic E-state index is 12.7. The summed E-state index contributed by atoms with van der Waals surface area (Å²) in [6.45, 7) is 3.51. The fourth-order valence-electron chi connectivity index (χ4n) is 4.36. The van der Waals surface area contributed by atoms with E-state index in [1.54, 1.807) is 11.8 Å². The van der Waals surface area contributed by atoms with Crippen LogP contribution in [0.4, 0.5) is 4.79 Å². The van der Waals surface area contributed by atoms with Gasteiger partial charge in [0.1, 0.15) is 12.4 Å². The summed E-state index contributed by atoms with van der Waals surface area (Å²) in [6, 6.07) is 20.0. The van der Waals surface area contributed by atoms with Crippen LogP contribution in [0.15, 0.2) is 73.1 Å². The Labute approximate surface area is 199 Å². The minimum atomic E-state index is -0.422. The number of amides is 1. The monoisotopic (exact) mass is 459 g/mol. The number of piperidine rings is 1. The molecule has 176 valence electrons. The highest BCUT2D eigenvalue weighted by Gasteiger charge is 2.38. The minimum Gasteiger partial charge on any atom is -0.462 e. The van der Waals surface area contributed by atoms with E-state index in [0.29, 0.717) is 37.5 Å². The Kier molecular flexibility index (Phi) is 7.52. The van der Waals surface area contributed by atoms with Crippen molar-refractivity contribution in [3.05, 3.63) is 95.6 Å². The molecule has 0 saturated carbocycles. The van der Waals surface area contributed by atoms with Crippen LogP contribution in [0.5, 0.6) is 0 Å². The lowest BCUT2D eigenvalue weighted by Gasteiger charge is -2.41. The molecule has 0 aliphatic carbocycles. The molecule has 0 spiro atoms. The predicted octanol–water partition coefficient (Wildman–Crippen LogP) is 4.57. The third-order valence-corrected chi connectivity index (χ3v) is 6.28. The molecule has 1 fully saturated rings. The second-order valence-corrected chi connectivity index (χ2v) is 8.46. The Balaban J connectivity index is 1.44. The van der Waals surface area contributed by atoms with E-state index in [1.807, 2.05) is 48.5 Å². The van der Waals surface area contributed by atoms with Crippen molar-refractivity contribution >= 4 is 12.1 Å². The van der Waals surface area contributed by atoms with E-state index >= 15 is 0 Å². The average molecular weight is 460 g/mol. The lowest BCUT2D eigenvalue weighted by atomic mass is 9.70. The molecule has 1 aliphatic rings. The third kappa shape index (κ3) is 5.60. The first-order valence-electron chi connectivity index (χ1n) is 11.6. The Bertz CT molecular complexity index is 1080. The molecule has 34 heavy (non-hydrogen) atoms. The quantitative estimate of drug-likeness (QED) is 0.482. The fourth-order valence-corrected chi connectivity index (χ4v) is 4.36. The van der Waals surface area contributed by atoms with E-state index in [9.17, 15) is 9.59 Å². The summed E-state index contributed by atoms with van der Waals surface area (Å²) in [5.41, 5.74) is 2.30. The molecule has 7 heteroatoms. The number of carbonyl (C=O) groups excluding carboxylic acids is 2. The Morgan fingerprint density at radius 2 is 1.53 bits per heavy atom. The first kappa shape index (κ1) is 23.4. The SMILES string of the molecule is CCOC(=O)c1cnc(CC2(c3ccccc3)CCN(C(=O)OCc3ccccc3)CC2)nc1. The van der Waals surface area contributed by atoms with E-state index in [2.05, 4.69) is 22.1 Å². The Hall–Kier alpha value is -3.74. The summed E-state index contributed by atoms with van der Waals surface area (Å²) >= 11 is 0. The fraction of sp³-hybridized carbons (Fsp3) is 0.333. The highest BCUT2D eigenvalue weighted by molar-refractivity contribution is 5.88. The van der Waals surface area contributed by atoms with Gasteiger partial charge in [0.05, 0.1) is 12.2 Å². The summed E-state index contributed by atoms with van der Waals surface area (Å²) in [5, 5.41) is 0. The zero-order valence-electron chi connectivity index (χ0n) is 19.4. The second-order valence-electron chi connectivity index (χ2n) is 8.46. The van der Waals surface area contributed by atoms with Crippen LogP contribution in [-0.4, -0.2) is 46.6 Å². The van der Waals surface area contributed by atoms with Crippen LogP contribution in [0.3, 0.4) is 0 Å². The number of carbonyl (C=O) groups is 2. The number of hydrogen-bond acceptors (Lipinski definition) is 6. The molecule has 1 saturated heterocycles. The molecule has 0 bridgehead atoms. The predicted molar refractivity (Wildman–Crippen MR) is 127 cm³/mol. The van der Waals surface area contributed by atoms with Crippen molar-refractivity contribution < 1.29 is 19.1 Å². The molecular weight excluding hydrogens is 430 g/mol. The molecule has 1 aliphatic heterocycles. The Morgan fingerprint density at radius 3 is 2.15 bits per heavy atom. The molecule has 0 unspecified atom stereocenters. The molecule has 1 amide bonds. The summed E-state index contributed by atoms with van der Waals surface area (Å²) in [4.78, 5) is 35.3. The van der Waals surface area contributed by atoms with E-state index in [-0.39, 0.29) is 18.1 Å². The number of esters is 1. The van der Waals surface area contributed by atoms with E-state index in [1.165, 1.54) is 18.0 Å². The lowest BCUT2D eigenvalue weighted by molar-refractivity contribution is 0.0525. The van der Waals surface area contributed by atoms with Crippen molar-refractivity contribution in [3.63, 3.8) is 0 Å². The van der Waals surface area contributed by atoms with Crippen molar-refractivity contribution in [1.82, 2.24) is 14.9 Å². The van der Waals surface area contributed by atoms with E-state index < -0.39 is 5.97 Å². The number of nitrogens with zero attached hydrogens (tertiary/aromatic N) is 3. The summed E-state index contributed by atoms with van der Waals surface area (Å²) in [7, 11) is 0. The van der Waals surface area contributed by atoms with Gasteiger partial charge in [0, 0.05) is 37.3 Å². The van der Waals surface area contributed by atoms with E-state index in [4.69, 9.17) is 9.47 Å². The lowest BCUT2D eigenvalue weighted by Crippen LogP contribution is -2.46. The highest BCUT2D eigenvalue weighted by atomic mass is 16.6. The number of rotatable bonds is 7. The number of ether oxygens (including phenoxy) is 2. The second kappa shape index (κ2) is 10.9.